The van der Waals surface area contributed by atoms with Gasteiger partial charge in [-0.25, -0.2) is 9.37 Å². The van der Waals surface area contributed by atoms with Crippen LogP contribution in [0.1, 0.15) is 15.2 Å². The van der Waals surface area contributed by atoms with Crippen LogP contribution in [0.25, 0.3) is 10.1 Å². The van der Waals surface area contributed by atoms with E-state index >= 15 is 0 Å². The molecule has 5 nitrogen and oxygen atoms in total. The van der Waals surface area contributed by atoms with Crippen LogP contribution < -0.4 is 10.2 Å². The Labute approximate surface area is 161 Å². The standard InChI is InChI=1S/C20H21FN4OS/c1-13-18-15(21)4-3-5-16(18)27-19(13)20(26)23-14-6-7-17(22-12-14)25-10-8-24(2)9-11-25/h3-7,12H,8-11H2,1-2H3,(H,23,26). The molecule has 1 aliphatic heterocycles. The topological polar surface area (TPSA) is 48.5 Å². The highest BCUT2D eigenvalue weighted by Crippen LogP contribution is 2.33. The summed E-state index contributed by atoms with van der Waals surface area (Å²) in [4.78, 5) is 22.2. The number of aryl methyl sites for hydroxylation is 1. The number of hydrogen-bond donors (Lipinski definition) is 1. The smallest absolute Gasteiger partial charge is 0.266 e. The monoisotopic (exact) mass is 384 g/mol. The molecule has 1 amide bonds. The number of halogens is 1. The van der Waals surface area contributed by atoms with Gasteiger partial charge in [-0.2, -0.15) is 0 Å². The van der Waals surface area contributed by atoms with Crippen LogP contribution >= 0.6 is 11.3 Å². The number of carbonyl (C=O) groups excluding carboxylic acids is 1. The number of nitrogens with one attached hydrogen (secondary N) is 1. The first-order chi connectivity index (χ1) is 13.0. The average Bonchev–Trinajstić information content (AvgIpc) is 3.01. The average molecular weight is 384 g/mol. The van der Waals surface area contributed by atoms with E-state index in [0.717, 1.165) is 36.7 Å². The number of thiophene rings is 1. The molecule has 1 fully saturated rings. The fraction of sp³-hybridized carbons (Fsp3) is 0.300. The Bertz CT molecular complexity index is 978. The Balaban J connectivity index is 1.50. The number of piperazine rings is 1. The quantitative estimate of drug-likeness (QED) is 0.747. The fourth-order valence-corrected chi connectivity index (χ4v) is 4.46. The summed E-state index contributed by atoms with van der Waals surface area (Å²) in [5.41, 5.74) is 1.31. The number of rotatable bonds is 3. The number of likely N-dealkylation sites (N-methyl/N-ethyl adjacent to an activating group) is 1. The molecule has 1 aliphatic rings. The lowest BCUT2D eigenvalue weighted by Gasteiger charge is -2.33. The van der Waals surface area contributed by atoms with Crippen molar-refractivity contribution in [3.63, 3.8) is 0 Å². The molecule has 27 heavy (non-hydrogen) atoms. The Morgan fingerprint density at radius 3 is 2.63 bits per heavy atom. The van der Waals surface area contributed by atoms with Gasteiger partial charge in [0.2, 0.25) is 0 Å². The number of nitrogens with zero attached hydrogens (tertiary/aromatic N) is 3. The minimum Gasteiger partial charge on any atom is -0.354 e. The zero-order valence-electron chi connectivity index (χ0n) is 15.3. The summed E-state index contributed by atoms with van der Waals surface area (Å²) in [5.74, 6) is 0.391. The van der Waals surface area contributed by atoms with E-state index in [-0.39, 0.29) is 11.7 Å². The number of aromatic nitrogens is 1. The second kappa shape index (κ2) is 7.25. The van der Waals surface area contributed by atoms with Crippen LogP contribution in [0.15, 0.2) is 36.5 Å². The lowest BCUT2D eigenvalue weighted by Crippen LogP contribution is -2.44. The molecule has 3 aromatic rings. The van der Waals surface area contributed by atoms with Crippen molar-refractivity contribution in [2.45, 2.75) is 6.92 Å². The van der Waals surface area contributed by atoms with E-state index in [1.807, 2.05) is 18.2 Å². The molecule has 1 saturated heterocycles. The van der Waals surface area contributed by atoms with Crippen LogP contribution in [0.4, 0.5) is 15.9 Å². The second-order valence-electron chi connectivity index (χ2n) is 6.82. The highest BCUT2D eigenvalue weighted by Gasteiger charge is 2.19. The van der Waals surface area contributed by atoms with Crippen molar-refractivity contribution in [2.75, 3.05) is 43.4 Å². The first-order valence-corrected chi connectivity index (χ1v) is 9.73. The molecule has 0 radical (unpaired) electrons. The van der Waals surface area contributed by atoms with Gasteiger partial charge in [0, 0.05) is 36.3 Å². The highest BCUT2D eigenvalue weighted by atomic mass is 32.1. The summed E-state index contributed by atoms with van der Waals surface area (Å²) in [7, 11) is 2.12. The molecule has 140 valence electrons. The van der Waals surface area contributed by atoms with Crippen molar-refractivity contribution in [1.29, 1.82) is 0 Å². The third kappa shape index (κ3) is 3.52. The largest absolute Gasteiger partial charge is 0.354 e. The van der Waals surface area contributed by atoms with Gasteiger partial charge in [0.25, 0.3) is 5.91 Å². The Morgan fingerprint density at radius 2 is 1.96 bits per heavy atom. The molecule has 0 atom stereocenters. The third-order valence-corrected chi connectivity index (χ3v) is 6.20. The van der Waals surface area contributed by atoms with Gasteiger partial charge in [0.15, 0.2) is 0 Å². The molecule has 2 aromatic heterocycles. The van der Waals surface area contributed by atoms with Gasteiger partial charge in [-0.15, -0.1) is 11.3 Å². The lowest BCUT2D eigenvalue weighted by atomic mass is 10.1. The van der Waals surface area contributed by atoms with Crippen molar-refractivity contribution < 1.29 is 9.18 Å². The van der Waals surface area contributed by atoms with Crippen LogP contribution in [0.2, 0.25) is 0 Å². The van der Waals surface area contributed by atoms with Crippen molar-refractivity contribution in [3.05, 3.63) is 52.8 Å². The molecule has 0 aliphatic carbocycles. The van der Waals surface area contributed by atoms with E-state index in [1.54, 1.807) is 19.2 Å². The summed E-state index contributed by atoms with van der Waals surface area (Å²) in [5, 5.41) is 3.40. The molecule has 0 spiro atoms. The molecule has 3 heterocycles. The lowest BCUT2D eigenvalue weighted by molar-refractivity contribution is 0.103. The van der Waals surface area contributed by atoms with E-state index in [2.05, 4.69) is 27.1 Å². The number of pyridine rings is 1. The van der Waals surface area contributed by atoms with Crippen molar-refractivity contribution in [3.8, 4) is 0 Å². The third-order valence-electron chi connectivity index (χ3n) is 4.94. The first-order valence-electron chi connectivity index (χ1n) is 8.91. The summed E-state index contributed by atoms with van der Waals surface area (Å²) in [6.45, 7) is 5.71. The first kappa shape index (κ1) is 17.9. The number of benzene rings is 1. The zero-order valence-corrected chi connectivity index (χ0v) is 16.1. The Morgan fingerprint density at radius 1 is 1.19 bits per heavy atom. The Hall–Kier alpha value is -2.51. The van der Waals surface area contributed by atoms with Gasteiger partial charge >= 0.3 is 0 Å². The maximum absolute atomic E-state index is 14.1. The van der Waals surface area contributed by atoms with Gasteiger partial charge in [0.05, 0.1) is 16.8 Å². The highest BCUT2D eigenvalue weighted by molar-refractivity contribution is 7.21. The summed E-state index contributed by atoms with van der Waals surface area (Å²) < 4.78 is 14.8. The van der Waals surface area contributed by atoms with Gasteiger partial charge < -0.3 is 15.1 Å². The number of amides is 1. The van der Waals surface area contributed by atoms with Crippen LogP contribution in [-0.4, -0.2) is 49.0 Å². The van der Waals surface area contributed by atoms with Crippen molar-refractivity contribution in [1.82, 2.24) is 9.88 Å². The van der Waals surface area contributed by atoms with E-state index in [1.165, 1.54) is 17.4 Å². The van der Waals surface area contributed by atoms with E-state index in [4.69, 9.17) is 0 Å². The number of carbonyl (C=O) groups is 1. The molecular weight excluding hydrogens is 363 g/mol. The normalized spacial score (nSPS) is 15.3. The SMILES string of the molecule is Cc1c(C(=O)Nc2ccc(N3CCN(C)CC3)nc2)sc2cccc(F)c12. The van der Waals surface area contributed by atoms with Crippen LogP contribution in [0.3, 0.4) is 0 Å². The molecule has 4 rings (SSSR count). The minimum absolute atomic E-state index is 0.234. The predicted octanol–water partition coefficient (Wildman–Crippen LogP) is 3.75. The van der Waals surface area contributed by atoms with Gasteiger partial charge in [0.1, 0.15) is 11.6 Å². The molecule has 1 N–H and O–H groups in total. The van der Waals surface area contributed by atoms with Gasteiger partial charge in [-0.05, 0) is 43.8 Å². The summed E-state index contributed by atoms with van der Waals surface area (Å²) in [6.07, 6.45) is 1.68. The van der Waals surface area contributed by atoms with Gasteiger partial charge in [-0.1, -0.05) is 6.07 Å². The number of anilines is 2. The van der Waals surface area contributed by atoms with Crippen molar-refractivity contribution in [2.24, 2.45) is 0 Å². The van der Waals surface area contributed by atoms with E-state index in [0.29, 0.717) is 21.5 Å². The van der Waals surface area contributed by atoms with Crippen LogP contribution in [-0.2, 0) is 0 Å². The predicted molar refractivity (Wildman–Crippen MR) is 108 cm³/mol. The van der Waals surface area contributed by atoms with Gasteiger partial charge in [-0.3, -0.25) is 4.79 Å². The minimum atomic E-state index is -0.293. The fourth-order valence-electron chi connectivity index (χ4n) is 3.34. The maximum Gasteiger partial charge on any atom is 0.266 e. The number of fused-ring (bicyclic) bond motifs is 1. The molecular formula is C20H21FN4OS. The zero-order chi connectivity index (χ0) is 19.0. The van der Waals surface area contributed by atoms with Crippen LogP contribution in [0.5, 0.6) is 0 Å². The Kier molecular flexibility index (Phi) is 4.80. The molecule has 0 unspecified atom stereocenters. The molecule has 0 bridgehead atoms. The van der Waals surface area contributed by atoms with E-state index in [9.17, 15) is 9.18 Å². The van der Waals surface area contributed by atoms with Crippen molar-refractivity contribution >= 4 is 38.8 Å². The molecule has 1 aromatic carbocycles. The maximum atomic E-state index is 14.1. The second-order valence-corrected chi connectivity index (χ2v) is 7.87. The molecule has 7 heteroatoms. The number of hydrogen-bond acceptors (Lipinski definition) is 5. The molecule has 0 saturated carbocycles. The summed E-state index contributed by atoms with van der Waals surface area (Å²) >= 11 is 1.31. The summed E-state index contributed by atoms with van der Waals surface area (Å²) in [6, 6.07) is 8.71. The van der Waals surface area contributed by atoms with E-state index < -0.39 is 0 Å². The van der Waals surface area contributed by atoms with Crippen LogP contribution in [0, 0.1) is 12.7 Å².